The van der Waals surface area contributed by atoms with Crippen molar-refractivity contribution < 1.29 is 19.4 Å². The van der Waals surface area contributed by atoms with Crippen molar-refractivity contribution in [2.75, 3.05) is 0 Å². The highest BCUT2D eigenvalue weighted by molar-refractivity contribution is 5.75. The highest BCUT2D eigenvalue weighted by Crippen LogP contribution is 2.60. The number of carbonyl (C=O) groups is 2. The van der Waals surface area contributed by atoms with Gasteiger partial charge in [-0.3, -0.25) is 4.79 Å². The molecule has 0 aliphatic heterocycles. The quantitative estimate of drug-likeness (QED) is 0.821. The smallest absolute Gasteiger partial charge is 0.407 e. The summed E-state index contributed by atoms with van der Waals surface area (Å²) in [6, 6.07) is 0.0869. The van der Waals surface area contributed by atoms with Crippen LogP contribution in [0.3, 0.4) is 0 Å². The summed E-state index contributed by atoms with van der Waals surface area (Å²) < 4.78 is 5.35. The molecule has 4 saturated carbocycles. The molecule has 4 aliphatic rings. The number of hydrogen-bond acceptors (Lipinski definition) is 3. The summed E-state index contributed by atoms with van der Waals surface area (Å²) in [7, 11) is 0. The van der Waals surface area contributed by atoms with E-state index in [1.807, 2.05) is 20.8 Å². The zero-order valence-electron chi connectivity index (χ0n) is 13.0. The molecule has 3 unspecified atom stereocenters. The third-order valence-corrected chi connectivity index (χ3v) is 5.41. The molecule has 21 heavy (non-hydrogen) atoms. The first-order valence-electron chi connectivity index (χ1n) is 7.91. The maximum atomic E-state index is 12.0. The molecule has 0 saturated heterocycles. The summed E-state index contributed by atoms with van der Waals surface area (Å²) in [4.78, 5) is 23.7. The van der Waals surface area contributed by atoms with Crippen LogP contribution >= 0.6 is 0 Å². The Morgan fingerprint density at radius 2 is 1.71 bits per heavy atom. The summed E-state index contributed by atoms with van der Waals surface area (Å²) in [5.74, 6) is 0.465. The average Bonchev–Trinajstić information content (AvgIpc) is 2.30. The Bertz CT molecular complexity index is 451. The van der Waals surface area contributed by atoms with E-state index in [4.69, 9.17) is 4.74 Å². The summed E-state index contributed by atoms with van der Waals surface area (Å²) in [5, 5.41) is 12.6. The Morgan fingerprint density at radius 3 is 2.19 bits per heavy atom. The predicted octanol–water partition coefficient (Wildman–Crippen LogP) is 2.79. The number of carboxylic acid groups (broad SMARTS) is 1. The van der Waals surface area contributed by atoms with Crippen molar-refractivity contribution in [2.45, 2.75) is 64.5 Å². The largest absolute Gasteiger partial charge is 0.481 e. The maximum Gasteiger partial charge on any atom is 0.407 e. The molecule has 5 atom stereocenters. The van der Waals surface area contributed by atoms with Crippen LogP contribution in [0.15, 0.2) is 0 Å². The molecule has 4 fully saturated rings. The van der Waals surface area contributed by atoms with Crippen molar-refractivity contribution in [3.63, 3.8) is 0 Å². The molecule has 2 N–H and O–H groups in total. The Balaban J connectivity index is 1.70. The van der Waals surface area contributed by atoms with Gasteiger partial charge in [0.05, 0.1) is 5.41 Å². The number of ether oxygens (including phenoxy) is 1. The Kier molecular flexibility index (Phi) is 3.22. The molecule has 4 rings (SSSR count). The third kappa shape index (κ3) is 2.62. The minimum absolute atomic E-state index is 0.0869. The number of amides is 1. The highest BCUT2D eigenvalue weighted by Gasteiger charge is 2.59. The van der Waals surface area contributed by atoms with Gasteiger partial charge in [-0.1, -0.05) is 0 Å². The molecule has 5 heteroatoms. The molecule has 4 bridgehead atoms. The fraction of sp³-hybridized carbons (Fsp3) is 0.875. The maximum absolute atomic E-state index is 12.0. The summed E-state index contributed by atoms with van der Waals surface area (Å²) in [5.41, 5.74) is -1.03. The van der Waals surface area contributed by atoms with Crippen LogP contribution in [0.4, 0.5) is 4.79 Å². The summed E-state index contributed by atoms with van der Waals surface area (Å²) in [6.07, 6.45) is 3.96. The second kappa shape index (κ2) is 4.62. The highest BCUT2D eigenvalue weighted by atomic mass is 16.6. The van der Waals surface area contributed by atoms with Gasteiger partial charge in [-0.15, -0.1) is 0 Å². The Hall–Kier alpha value is -1.26. The monoisotopic (exact) mass is 295 g/mol. The van der Waals surface area contributed by atoms with E-state index in [0.29, 0.717) is 30.6 Å². The SMILES string of the molecule is CC(C)(C)OC(=O)NC1[C@@H]2CC3C[C@H]1CC(C(=O)O)(C3)C2. The van der Waals surface area contributed by atoms with E-state index in [-0.39, 0.29) is 12.1 Å². The molecule has 0 radical (unpaired) electrons. The van der Waals surface area contributed by atoms with Crippen LogP contribution in [0.1, 0.15) is 52.9 Å². The van der Waals surface area contributed by atoms with E-state index in [0.717, 1.165) is 19.3 Å². The van der Waals surface area contributed by atoms with E-state index in [9.17, 15) is 14.7 Å². The van der Waals surface area contributed by atoms with E-state index in [2.05, 4.69) is 5.32 Å². The van der Waals surface area contributed by atoms with Gasteiger partial charge in [-0.25, -0.2) is 4.79 Å². The third-order valence-electron chi connectivity index (χ3n) is 5.41. The molecular formula is C16H25NO4. The molecule has 0 aromatic rings. The van der Waals surface area contributed by atoms with Gasteiger partial charge in [0, 0.05) is 6.04 Å². The zero-order chi connectivity index (χ0) is 15.4. The summed E-state index contributed by atoms with van der Waals surface area (Å²) in [6.45, 7) is 5.55. The molecular weight excluding hydrogens is 270 g/mol. The van der Waals surface area contributed by atoms with Crippen LogP contribution in [-0.2, 0) is 9.53 Å². The van der Waals surface area contributed by atoms with Crippen molar-refractivity contribution in [3.8, 4) is 0 Å². The van der Waals surface area contributed by atoms with Crippen molar-refractivity contribution >= 4 is 12.1 Å². The van der Waals surface area contributed by atoms with E-state index >= 15 is 0 Å². The molecule has 118 valence electrons. The molecule has 5 nitrogen and oxygen atoms in total. The lowest BCUT2D eigenvalue weighted by atomic mass is 9.48. The van der Waals surface area contributed by atoms with Crippen LogP contribution in [-0.4, -0.2) is 28.8 Å². The molecule has 0 spiro atoms. The standard InChI is InChI=1S/C16H25NO4/c1-15(2,3)21-14(20)17-12-10-4-9-5-11(12)8-16(6-9,7-10)13(18)19/h9-12H,4-8H2,1-3H3,(H,17,20)(H,18,19)/t9?,10-,11+,12?,16?. The molecule has 0 heterocycles. The normalized spacial score (nSPS) is 40.9. The minimum atomic E-state index is -0.641. The van der Waals surface area contributed by atoms with Gasteiger partial charge in [0.1, 0.15) is 5.60 Å². The van der Waals surface area contributed by atoms with Crippen molar-refractivity contribution in [1.82, 2.24) is 5.32 Å². The van der Waals surface area contributed by atoms with Gasteiger partial charge in [-0.05, 0) is 70.6 Å². The Labute approximate surface area is 125 Å². The van der Waals surface area contributed by atoms with E-state index in [1.165, 1.54) is 0 Å². The zero-order valence-corrected chi connectivity index (χ0v) is 13.0. The first-order chi connectivity index (χ1) is 9.68. The first kappa shape index (κ1) is 14.7. The number of carbonyl (C=O) groups excluding carboxylic acids is 1. The number of rotatable bonds is 2. The number of nitrogens with one attached hydrogen (secondary N) is 1. The fourth-order valence-electron chi connectivity index (χ4n) is 4.97. The molecule has 0 aromatic heterocycles. The number of alkyl carbamates (subject to hydrolysis) is 1. The van der Waals surface area contributed by atoms with Gasteiger partial charge in [-0.2, -0.15) is 0 Å². The number of aliphatic carboxylic acids is 1. The average molecular weight is 295 g/mol. The lowest BCUT2D eigenvalue weighted by Crippen LogP contribution is -2.61. The first-order valence-corrected chi connectivity index (χ1v) is 7.91. The van der Waals surface area contributed by atoms with Gasteiger partial charge < -0.3 is 15.2 Å². The second-order valence-corrected chi connectivity index (χ2v) is 8.23. The molecule has 1 amide bonds. The number of carboxylic acids is 1. The minimum Gasteiger partial charge on any atom is -0.481 e. The molecule has 4 aliphatic carbocycles. The number of hydrogen-bond donors (Lipinski definition) is 2. The van der Waals surface area contributed by atoms with Crippen molar-refractivity contribution in [1.29, 1.82) is 0 Å². The van der Waals surface area contributed by atoms with Crippen LogP contribution in [0.5, 0.6) is 0 Å². The van der Waals surface area contributed by atoms with Crippen LogP contribution in [0, 0.1) is 23.2 Å². The van der Waals surface area contributed by atoms with Crippen molar-refractivity contribution in [3.05, 3.63) is 0 Å². The van der Waals surface area contributed by atoms with Gasteiger partial charge in [0.2, 0.25) is 0 Å². The van der Waals surface area contributed by atoms with E-state index < -0.39 is 17.0 Å². The second-order valence-electron chi connectivity index (χ2n) is 8.23. The van der Waals surface area contributed by atoms with Crippen LogP contribution in [0.2, 0.25) is 0 Å². The van der Waals surface area contributed by atoms with Gasteiger partial charge >= 0.3 is 12.1 Å². The van der Waals surface area contributed by atoms with E-state index in [1.54, 1.807) is 0 Å². The lowest BCUT2D eigenvalue weighted by Gasteiger charge is -2.58. The van der Waals surface area contributed by atoms with Gasteiger partial charge in [0.25, 0.3) is 0 Å². The van der Waals surface area contributed by atoms with Crippen molar-refractivity contribution in [2.24, 2.45) is 23.2 Å². The molecule has 0 aromatic carbocycles. The predicted molar refractivity (Wildman–Crippen MR) is 76.8 cm³/mol. The summed E-state index contributed by atoms with van der Waals surface area (Å²) >= 11 is 0. The fourth-order valence-corrected chi connectivity index (χ4v) is 4.97. The lowest BCUT2D eigenvalue weighted by molar-refractivity contribution is -0.167. The topological polar surface area (TPSA) is 75.6 Å². The van der Waals surface area contributed by atoms with Gasteiger partial charge in [0.15, 0.2) is 0 Å². The Morgan fingerprint density at radius 1 is 1.14 bits per heavy atom. The van der Waals surface area contributed by atoms with Crippen LogP contribution < -0.4 is 5.32 Å². The van der Waals surface area contributed by atoms with Crippen LogP contribution in [0.25, 0.3) is 0 Å².